The molecule has 2 N–H and O–H groups in total. The third kappa shape index (κ3) is 3.27. The van der Waals surface area contributed by atoms with Crippen molar-refractivity contribution >= 4 is 49.9 Å². The van der Waals surface area contributed by atoms with E-state index in [9.17, 15) is 4.79 Å². The lowest BCUT2D eigenvalue weighted by atomic mass is 10.1. The van der Waals surface area contributed by atoms with Crippen LogP contribution in [-0.4, -0.2) is 16.0 Å². The second-order valence-electron chi connectivity index (χ2n) is 4.30. The van der Waals surface area contributed by atoms with Crippen molar-refractivity contribution in [1.29, 1.82) is 0 Å². The number of hydrogen-bond donors (Lipinski definition) is 2. The number of carbonyl (C=O) groups excluding carboxylic acids is 1. The van der Waals surface area contributed by atoms with Crippen molar-refractivity contribution in [2.45, 2.75) is 27.2 Å². The van der Waals surface area contributed by atoms with Gasteiger partial charge in [-0.2, -0.15) is 0 Å². The predicted octanol–water partition coefficient (Wildman–Crippen LogP) is 3.14. The molecule has 0 aliphatic heterocycles. The number of nitrogens with zero attached hydrogens (tertiary/aromatic N) is 1. The van der Waals surface area contributed by atoms with E-state index < -0.39 is 0 Å². The van der Waals surface area contributed by atoms with E-state index in [1.54, 1.807) is 6.92 Å². The van der Waals surface area contributed by atoms with Crippen LogP contribution in [0.1, 0.15) is 24.5 Å². The molecule has 0 bridgehead atoms. The third-order valence-corrected chi connectivity index (χ3v) is 3.75. The van der Waals surface area contributed by atoms with Crippen LogP contribution in [-0.2, 0) is 4.79 Å². The molecule has 0 saturated heterocycles. The first kappa shape index (κ1) is 13.9. The Kier molecular flexibility index (Phi) is 4.11. The van der Waals surface area contributed by atoms with Gasteiger partial charge in [0, 0.05) is 6.42 Å². The maximum atomic E-state index is 11.2. The number of carbonyl (C=O) groups is 1. The van der Waals surface area contributed by atoms with E-state index in [2.05, 4.69) is 34.7 Å². The van der Waals surface area contributed by atoms with Gasteiger partial charge >= 0.3 is 0 Å². The number of benzene rings is 1. The zero-order chi connectivity index (χ0) is 14.0. The van der Waals surface area contributed by atoms with E-state index in [0.29, 0.717) is 16.7 Å². The monoisotopic (exact) mass is 293 g/mol. The highest BCUT2D eigenvalue weighted by atomic mass is 32.1. The number of amides is 1. The summed E-state index contributed by atoms with van der Waals surface area (Å²) < 4.78 is 1.12. The summed E-state index contributed by atoms with van der Waals surface area (Å²) in [5.74, 6) is -0.106. The molecule has 100 valence electrons. The molecule has 0 aliphatic carbocycles. The van der Waals surface area contributed by atoms with Gasteiger partial charge in [-0.3, -0.25) is 4.79 Å². The van der Waals surface area contributed by atoms with Crippen LogP contribution in [0.15, 0.2) is 12.1 Å². The minimum atomic E-state index is -0.106. The fourth-order valence-corrected chi connectivity index (χ4v) is 3.09. The molecule has 6 heteroatoms. The number of nitrogens with one attached hydrogen (secondary N) is 2. The van der Waals surface area contributed by atoms with Crippen molar-refractivity contribution < 1.29 is 4.79 Å². The molecule has 1 heterocycles. The van der Waals surface area contributed by atoms with E-state index in [4.69, 9.17) is 12.2 Å². The standard InChI is InChI=1S/C13H15N3OS2/c1-4-10(17)14-12(18)16-13-15-11-8(3)5-7(2)6-9(11)19-13/h5-6H,4H2,1-3H3,(H2,14,15,16,17,18). The molecule has 2 aromatic rings. The first-order valence-corrected chi connectivity index (χ1v) is 7.20. The highest BCUT2D eigenvalue weighted by Gasteiger charge is 2.09. The number of thiocarbonyl (C=S) groups is 1. The van der Waals surface area contributed by atoms with Crippen LogP contribution in [0.25, 0.3) is 10.2 Å². The first-order chi connectivity index (χ1) is 8.99. The Morgan fingerprint density at radius 3 is 2.84 bits per heavy atom. The highest BCUT2D eigenvalue weighted by Crippen LogP contribution is 2.29. The van der Waals surface area contributed by atoms with Crippen molar-refractivity contribution in [1.82, 2.24) is 10.3 Å². The van der Waals surface area contributed by atoms with Crippen LogP contribution in [0.2, 0.25) is 0 Å². The Labute approximate surface area is 121 Å². The van der Waals surface area contributed by atoms with Gasteiger partial charge in [-0.15, -0.1) is 0 Å². The molecule has 2 rings (SSSR count). The van der Waals surface area contributed by atoms with E-state index in [1.807, 2.05) is 6.92 Å². The Bertz CT molecular complexity index is 649. The summed E-state index contributed by atoms with van der Waals surface area (Å²) in [6, 6.07) is 4.20. The summed E-state index contributed by atoms with van der Waals surface area (Å²) in [5.41, 5.74) is 3.33. The van der Waals surface area contributed by atoms with Crippen molar-refractivity contribution in [3.63, 3.8) is 0 Å². The number of rotatable bonds is 2. The average molecular weight is 293 g/mol. The Hall–Kier alpha value is -1.53. The molecular formula is C13H15N3OS2. The van der Waals surface area contributed by atoms with Crippen molar-refractivity contribution in [2.75, 3.05) is 5.32 Å². The van der Waals surface area contributed by atoms with Gasteiger partial charge in [-0.1, -0.05) is 24.3 Å². The highest BCUT2D eigenvalue weighted by molar-refractivity contribution is 7.80. The van der Waals surface area contributed by atoms with Gasteiger partial charge in [0.15, 0.2) is 10.2 Å². The summed E-state index contributed by atoms with van der Waals surface area (Å²) in [6.45, 7) is 5.88. The molecule has 1 aromatic carbocycles. The largest absolute Gasteiger partial charge is 0.308 e. The van der Waals surface area contributed by atoms with E-state index >= 15 is 0 Å². The van der Waals surface area contributed by atoms with Crippen LogP contribution < -0.4 is 10.6 Å². The van der Waals surface area contributed by atoms with Crippen LogP contribution >= 0.6 is 23.6 Å². The second-order valence-corrected chi connectivity index (χ2v) is 5.74. The number of anilines is 1. The van der Waals surface area contributed by atoms with Gasteiger partial charge in [0.05, 0.1) is 10.2 Å². The lowest BCUT2D eigenvalue weighted by Gasteiger charge is -2.04. The minimum absolute atomic E-state index is 0.106. The lowest BCUT2D eigenvalue weighted by molar-refractivity contribution is -0.119. The topological polar surface area (TPSA) is 54.0 Å². The molecule has 0 saturated carbocycles. The molecular weight excluding hydrogens is 278 g/mol. The third-order valence-electron chi connectivity index (χ3n) is 2.62. The van der Waals surface area contributed by atoms with Gasteiger partial charge in [-0.25, -0.2) is 4.98 Å². The average Bonchev–Trinajstić information content (AvgIpc) is 2.71. The number of hydrogen-bond acceptors (Lipinski definition) is 4. The van der Waals surface area contributed by atoms with Crippen molar-refractivity contribution in [3.05, 3.63) is 23.3 Å². The maximum absolute atomic E-state index is 11.2. The van der Waals surface area contributed by atoms with Crippen LogP contribution in [0.5, 0.6) is 0 Å². The van der Waals surface area contributed by atoms with E-state index in [1.165, 1.54) is 16.9 Å². The van der Waals surface area contributed by atoms with Gasteiger partial charge in [0.25, 0.3) is 0 Å². The van der Waals surface area contributed by atoms with E-state index in [-0.39, 0.29) is 5.91 Å². The minimum Gasteiger partial charge on any atom is -0.308 e. The zero-order valence-corrected chi connectivity index (χ0v) is 12.7. The van der Waals surface area contributed by atoms with Gasteiger partial charge in [0.2, 0.25) is 5.91 Å². The Balaban J connectivity index is 2.20. The SMILES string of the molecule is CCC(=O)NC(=S)Nc1nc2c(C)cc(C)cc2s1. The van der Waals surface area contributed by atoms with Gasteiger partial charge in [0.1, 0.15) is 0 Å². The molecule has 0 fully saturated rings. The normalized spacial score (nSPS) is 10.5. The Morgan fingerprint density at radius 1 is 1.42 bits per heavy atom. The van der Waals surface area contributed by atoms with Crippen LogP contribution in [0.4, 0.5) is 5.13 Å². The fourth-order valence-electron chi connectivity index (χ4n) is 1.77. The number of thiazole rings is 1. The molecule has 0 aliphatic rings. The molecule has 19 heavy (non-hydrogen) atoms. The molecule has 0 unspecified atom stereocenters. The quantitative estimate of drug-likeness (QED) is 0.835. The van der Waals surface area contributed by atoms with Gasteiger partial charge < -0.3 is 10.6 Å². The van der Waals surface area contributed by atoms with Gasteiger partial charge in [-0.05, 0) is 43.3 Å². The van der Waals surface area contributed by atoms with Crippen molar-refractivity contribution in [3.8, 4) is 0 Å². The maximum Gasteiger partial charge on any atom is 0.225 e. The fraction of sp³-hybridized carbons (Fsp3) is 0.308. The smallest absolute Gasteiger partial charge is 0.225 e. The predicted molar refractivity (Wildman–Crippen MR) is 83.7 cm³/mol. The first-order valence-electron chi connectivity index (χ1n) is 5.98. The molecule has 0 atom stereocenters. The summed E-state index contributed by atoms with van der Waals surface area (Å²) in [5, 5.41) is 6.54. The lowest BCUT2D eigenvalue weighted by Crippen LogP contribution is -2.33. The summed E-state index contributed by atoms with van der Waals surface area (Å²) in [4.78, 5) is 15.7. The number of aromatic nitrogens is 1. The molecule has 1 aromatic heterocycles. The van der Waals surface area contributed by atoms with Crippen LogP contribution in [0, 0.1) is 13.8 Å². The van der Waals surface area contributed by atoms with Crippen LogP contribution in [0.3, 0.4) is 0 Å². The zero-order valence-electron chi connectivity index (χ0n) is 11.0. The molecule has 0 spiro atoms. The van der Waals surface area contributed by atoms with E-state index in [0.717, 1.165) is 15.8 Å². The van der Waals surface area contributed by atoms with Crippen molar-refractivity contribution in [2.24, 2.45) is 0 Å². The Morgan fingerprint density at radius 2 is 2.16 bits per heavy atom. The molecule has 1 amide bonds. The summed E-state index contributed by atoms with van der Waals surface area (Å²) in [6.07, 6.45) is 0.403. The number of aryl methyl sites for hydroxylation is 2. The number of fused-ring (bicyclic) bond motifs is 1. The summed E-state index contributed by atoms with van der Waals surface area (Å²) >= 11 is 6.59. The second kappa shape index (κ2) is 5.63. The molecule has 4 nitrogen and oxygen atoms in total. The molecule has 0 radical (unpaired) electrons. The summed E-state index contributed by atoms with van der Waals surface area (Å²) in [7, 11) is 0.